The number of ether oxygens (including phenoxy) is 1. The zero-order valence-corrected chi connectivity index (χ0v) is 12.6. The predicted octanol–water partition coefficient (Wildman–Crippen LogP) is 2.76. The van der Waals surface area contributed by atoms with E-state index in [1.807, 2.05) is 0 Å². The molecule has 0 aromatic carbocycles. The minimum atomic E-state index is -0.423. The number of rotatable bonds is 5. The molecule has 0 N–H and O–H groups in total. The number of aromatic nitrogens is 1. The number of hydrogen-bond acceptors (Lipinski definition) is 5. The molecule has 1 atom stereocenters. The molecule has 2 heterocycles. The molecule has 3 rings (SSSR count). The molecule has 1 aliphatic heterocycles. The van der Waals surface area contributed by atoms with Crippen molar-refractivity contribution in [3.8, 4) is 0 Å². The summed E-state index contributed by atoms with van der Waals surface area (Å²) in [5.41, 5.74) is 0.0144. The lowest BCUT2D eigenvalue weighted by Gasteiger charge is -2.26. The number of pyridine rings is 1. The Morgan fingerprint density at radius 2 is 2.30 bits per heavy atom. The van der Waals surface area contributed by atoms with E-state index in [0.717, 1.165) is 32.0 Å². The van der Waals surface area contributed by atoms with E-state index in [1.165, 1.54) is 25.1 Å². The van der Waals surface area contributed by atoms with Crippen molar-refractivity contribution >= 4 is 27.4 Å². The van der Waals surface area contributed by atoms with Crippen LogP contribution in [0.15, 0.2) is 16.7 Å². The molecular weight excluding hydrogens is 326 g/mol. The van der Waals surface area contributed by atoms with Gasteiger partial charge in [0, 0.05) is 31.2 Å². The summed E-state index contributed by atoms with van der Waals surface area (Å²) in [7, 11) is 0. The highest BCUT2D eigenvalue weighted by atomic mass is 79.9. The fourth-order valence-corrected chi connectivity index (χ4v) is 3.10. The third kappa shape index (κ3) is 2.93. The van der Waals surface area contributed by atoms with Gasteiger partial charge in [-0.2, -0.15) is 0 Å². The Labute approximate surface area is 125 Å². The van der Waals surface area contributed by atoms with Crippen molar-refractivity contribution < 1.29 is 9.66 Å². The summed E-state index contributed by atoms with van der Waals surface area (Å²) in [6.45, 7) is 2.54. The van der Waals surface area contributed by atoms with Gasteiger partial charge < -0.3 is 9.64 Å². The molecule has 1 aliphatic carbocycles. The molecule has 2 aliphatic rings. The summed E-state index contributed by atoms with van der Waals surface area (Å²) in [6, 6.07) is 2.05. The van der Waals surface area contributed by atoms with E-state index in [2.05, 4.69) is 25.8 Å². The minimum absolute atomic E-state index is 0.0144. The lowest BCUT2D eigenvalue weighted by Crippen LogP contribution is -2.32. The first-order valence-electron chi connectivity index (χ1n) is 6.79. The van der Waals surface area contributed by atoms with Crippen LogP contribution in [0.2, 0.25) is 0 Å². The van der Waals surface area contributed by atoms with E-state index in [-0.39, 0.29) is 5.69 Å². The lowest BCUT2D eigenvalue weighted by molar-refractivity contribution is -0.385. The van der Waals surface area contributed by atoms with Crippen LogP contribution in [-0.4, -0.2) is 35.7 Å². The smallest absolute Gasteiger partial charge is 0.288 e. The molecule has 2 fully saturated rings. The summed E-state index contributed by atoms with van der Waals surface area (Å²) in [4.78, 5) is 16.9. The molecule has 1 saturated carbocycles. The molecular formula is C13H16BrN3O3. The maximum atomic E-state index is 10.8. The van der Waals surface area contributed by atoms with E-state index in [1.54, 1.807) is 0 Å². The maximum absolute atomic E-state index is 10.8. The quantitative estimate of drug-likeness (QED) is 0.608. The average Bonchev–Trinajstić information content (AvgIpc) is 3.14. The first-order valence-corrected chi connectivity index (χ1v) is 7.59. The van der Waals surface area contributed by atoms with Crippen molar-refractivity contribution in [3.05, 3.63) is 26.9 Å². The molecule has 0 unspecified atom stereocenters. The summed E-state index contributed by atoms with van der Waals surface area (Å²) < 4.78 is 6.12. The van der Waals surface area contributed by atoms with Crippen molar-refractivity contribution in [1.29, 1.82) is 0 Å². The summed E-state index contributed by atoms with van der Waals surface area (Å²) >= 11 is 3.42. The van der Waals surface area contributed by atoms with Gasteiger partial charge in [0.15, 0.2) is 0 Å². The largest absolute Gasteiger partial charge is 0.381 e. The summed E-state index contributed by atoms with van der Waals surface area (Å²) in [6.07, 6.45) is 4.74. The number of nitro groups is 1. The molecule has 1 aromatic heterocycles. The SMILES string of the molecule is O=[N+]([O-])c1cnc(N(C[C@@H]2CCOC2)C2CC2)c(Br)c1. The standard InChI is InChI=1S/C13H16BrN3O3/c14-12-5-11(17(18)19)6-15-13(12)16(10-1-2-10)7-9-3-4-20-8-9/h5-6,9-10H,1-4,7-8H2/t9-/m0/s1. The monoisotopic (exact) mass is 341 g/mol. The van der Waals surface area contributed by atoms with Gasteiger partial charge in [-0.05, 0) is 35.2 Å². The van der Waals surface area contributed by atoms with Gasteiger partial charge in [0.1, 0.15) is 12.0 Å². The maximum Gasteiger partial charge on any atom is 0.288 e. The van der Waals surface area contributed by atoms with Crippen LogP contribution in [0.5, 0.6) is 0 Å². The Morgan fingerprint density at radius 1 is 1.50 bits per heavy atom. The Balaban J connectivity index is 1.81. The van der Waals surface area contributed by atoms with Gasteiger partial charge in [-0.3, -0.25) is 10.1 Å². The highest BCUT2D eigenvalue weighted by Crippen LogP contribution is 2.36. The van der Waals surface area contributed by atoms with Crippen molar-refractivity contribution in [2.24, 2.45) is 5.92 Å². The predicted molar refractivity (Wildman–Crippen MR) is 77.9 cm³/mol. The van der Waals surface area contributed by atoms with Crippen LogP contribution in [0, 0.1) is 16.0 Å². The molecule has 1 aromatic rings. The van der Waals surface area contributed by atoms with Gasteiger partial charge in [-0.1, -0.05) is 0 Å². The molecule has 20 heavy (non-hydrogen) atoms. The van der Waals surface area contributed by atoms with Gasteiger partial charge >= 0.3 is 0 Å². The molecule has 0 radical (unpaired) electrons. The van der Waals surface area contributed by atoms with Crippen LogP contribution < -0.4 is 4.90 Å². The highest BCUT2D eigenvalue weighted by Gasteiger charge is 2.33. The van der Waals surface area contributed by atoms with Gasteiger partial charge in [0.25, 0.3) is 5.69 Å². The second-order valence-corrected chi connectivity index (χ2v) is 6.22. The number of hydrogen-bond donors (Lipinski definition) is 0. The molecule has 0 spiro atoms. The van der Waals surface area contributed by atoms with E-state index in [0.29, 0.717) is 16.4 Å². The Morgan fingerprint density at radius 3 is 2.85 bits per heavy atom. The van der Waals surface area contributed by atoms with Crippen LogP contribution in [0.4, 0.5) is 11.5 Å². The van der Waals surface area contributed by atoms with Crippen LogP contribution in [0.3, 0.4) is 0 Å². The first kappa shape index (κ1) is 13.8. The van der Waals surface area contributed by atoms with E-state index >= 15 is 0 Å². The zero-order valence-electron chi connectivity index (χ0n) is 11.0. The molecule has 0 amide bonds. The molecule has 7 heteroatoms. The van der Waals surface area contributed by atoms with Gasteiger partial charge in [-0.25, -0.2) is 4.98 Å². The summed E-state index contributed by atoms with van der Waals surface area (Å²) in [5.74, 6) is 1.34. The van der Waals surface area contributed by atoms with Crippen molar-refractivity contribution in [3.63, 3.8) is 0 Å². The van der Waals surface area contributed by atoms with Crippen LogP contribution in [-0.2, 0) is 4.74 Å². The Kier molecular flexibility index (Phi) is 3.89. The Hall–Kier alpha value is -1.21. The van der Waals surface area contributed by atoms with Gasteiger partial charge in [-0.15, -0.1) is 0 Å². The van der Waals surface area contributed by atoms with Gasteiger partial charge in [0.05, 0.1) is 16.0 Å². The molecule has 1 saturated heterocycles. The van der Waals surface area contributed by atoms with Crippen molar-refractivity contribution in [2.45, 2.75) is 25.3 Å². The van der Waals surface area contributed by atoms with E-state index in [9.17, 15) is 10.1 Å². The lowest BCUT2D eigenvalue weighted by atomic mass is 10.1. The third-order valence-electron chi connectivity index (χ3n) is 3.76. The fraction of sp³-hybridized carbons (Fsp3) is 0.615. The third-order valence-corrected chi connectivity index (χ3v) is 4.34. The highest BCUT2D eigenvalue weighted by molar-refractivity contribution is 9.10. The second kappa shape index (κ2) is 5.65. The van der Waals surface area contributed by atoms with Crippen LogP contribution in [0.25, 0.3) is 0 Å². The van der Waals surface area contributed by atoms with E-state index in [4.69, 9.17) is 4.74 Å². The zero-order chi connectivity index (χ0) is 14.1. The fourth-order valence-electron chi connectivity index (χ4n) is 2.53. The van der Waals surface area contributed by atoms with Crippen molar-refractivity contribution in [1.82, 2.24) is 4.98 Å². The number of anilines is 1. The average molecular weight is 342 g/mol. The first-order chi connectivity index (χ1) is 9.65. The van der Waals surface area contributed by atoms with Gasteiger partial charge in [0.2, 0.25) is 0 Å². The Bertz CT molecular complexity index is 516. The normalized spacial score (nSPS) is 21.9. The number of nitrogens with zero attached hydrogens (tertiary/aromatic N) is 3. The van der Waals surface area contributed by atoms with Crippen LogP contribution >= 0.6 is 15.9 Å². The summed E-state index contributed by atoms with van der Waals surface area (Å²) in [5, 5.41) is 10.8. The topological polar surface area (TPSA) is 68.5 Å². The minimum Gasteiger partial charge on any atom is -0.381 e. The molecule has 0 bridgehead atoms. The number of halogens is 1. The van der Waals surface area contributed by atoms with Crippen molar-refractivity contribution in [2.75, 3.05) is 24.7 Å². The molecule has 108 valence electrons. The molecule has 6 nitrogen and oxygen atoms in total. The van der Waals surface area contributed by atoms with E-state index < -0.39 is 4.92 Å². The second-order valence-electron chi connectivity index (χ2n) is 5.37. The van der Waals surface area contributed by atoms with Crippen LogP contribution in [0.1, 0.15) is 19.3 Å².